The van der Waals surface area contributed by atoms with Crippen molar-refractivity contribution in [3.05, 3.63) is 30.3 Å². The van der Waals surface area contributed by atoms with E-state index in [9.17, 15) is 5.11 Å². The van der Waals surface area contributed by atoms with Crippen LogP contribution in [-0.4, -0.2) is 48.3 Å². The minimum Gasteiger partial charge on any atom is -0.393 e. The van der Waals surface area contributed by atoms with Crippen LogP contribution in [0.1, 0.15) is 32.6 Å². The summed E-state index contributed by atoms with van der Waals surface area (Å²) in [5, 5.41) is 9.50. The number of nitrogens with zero attached hydrogens (tertiary/aromatic N) is 2. The fourth-order valence-corrected chi connectivity index (χ4v) is 3.74. The monoisotopic (exact) mass is 288 g/mol. The van der Waals surface area contributed by atoms with Gasteiger partial charge in [-0.3, -0.25) is 0 Å². The molecule has 1 saturated carbocycles. The molecule has 3 nitrogen and oxygen atoms in total. The van der Waals surface area contributed by atoms with E-state index in [4.69, 9.17) is 0 Å². The lowest BCUT2D eigenvalue weighted by atomic mass is 9.86. The van der Waals surface area contributed by atoms with E-state index in [1.54, 1.807) is 0 Å². The van der Waals surface area contributed by atoms with Crippen LogP contribution in [0.3, 0.4) is 0 Å². The molecule has 1 aliphatic heterocycles. The van der Waals surface area contributed by atoms with Crippen LogP contribution in [0.4, 0.5) is 5.69 Å². The Morgan fingerprint density at radius 1 is 1.14 bits per heavy atom. The molecule has 1 aliphatic carbocycles. The van der Waals surface area contributed by atoms with Crippen molar-refractivity contribution in [2.75, 3.05) is 31.1 Å². The van der Waals surface area contributed by atoms with E-state index < -0.39 is 0 Å². The summed E-state index contributed by atoms with van der Waals surface area (Å²) in [4.78, 5) is 5.11. The standard InChI is InChI=1S/C18H28N2O/c1-2-19(17-12-18(21)13-17)14-15-8-10-20(11-9-15)16-6-4-3-5-7-16/h3-7,15,17-18,21H,2,8-14H2,1H3. The Hall–Kier alpha value is -1.06. The number of hydrogen-bond acceptors (Lipinski definition) is 3. The molecule has 21 heavy (non-hydrogen) atoms. The smallest absolute Gasteiger partial charge is 0.0570 e. The second-order valence-corrected chi connectivity index (χ2v) is 6.63. The molecule has 1 N–H and O–H groups in total. The Labute approximate surface area is 128 Å². The van der Waals surface area contributed by atoms with Gasteiger partial charge in [0.05, 0.1) is 6.10 Å². The zero-order valence-electron chi connectivity index (χ0n) is 13.1. The van der Waals surface area contributed by atoms with Gasteiger partial charge in [0.25, 0.3) is 0 Å². The average molecular weight is 288 g/mol. The summed E-state index contributed by atoms with van der Waals surface area (Å²) in [6, 6.07) is 11.4. The molecule has 2 fully saturated rings. The predicted octanol–water partition coefficient (Wildman–Crippen LogP) is 2.75. The molecular weight excluding hydrogens is 260 g/mol. The van der Waals surface area contributed by atoms with Crippen LogP contribution in [0.25, 0.3) is 0 Å². The zero-order chi connectivity index (χ0) is 14.7. The summed E-state index contributed by atoms with van der Waals surface area (Å²) in [7, 11) is 0. The number of piperidine rings is 1. The quantitative estimate of drug-likeness (QED) is 0.902. The van der Waals surface area contributed by atoms with Gasteiger partial charge in [-0.2, -0.15) is 0 Å². The Morgan fingerprint density at radius 3 is 2.38 bits per heavy atom. The molecule has 1 aromatic carbocycles. The number of para-hydroxylation sites is 1. The molecule has 0 bridgehead atoms. The maximum atomic E-state index is 9.50. The Morgan fingerprint density at radius 2 is 1.81 bits per heavy atom. The van der Waals surface area contributed by atoms with E-state index in [-0.39, 0.29) is 6.10 Å². The van der Waals surface area contributed by atoms with Gasteiger partial charge in [-0.15, -0.1) is 0 Å². The molecule has 0 spiro atoms. The lowest BCUT2D eigenvalue weighted by Gasteiger charge is -2.43. The first-order chi connectivity index (χ1) is 10.3. The SMILES string of the molecule is CCN(CC1CCN(c2ccccc2)CC1)C1CC(O)C1. The normalized spacial score (nSPS) is 26.9. The van der Waals surface area contributed by atoms with E-state index in [2.05, 4.69) is 47.1 Å². The summed E-state index contributed by atoms with van der Waals surface area (Å²) in [5.74, 6) is 0.822. The highest BCUT2D eigenvalue weighted by atomic mass is 16.3. The van der Waals surface area contributed by atoms with Crippen molar-refractivity contribution in [3.8, 4) is 0 Å². The van der Waals surface area contributed by atoms with Crippen molar-refractivity contribution < 1.29 is 5.11 Å². The summed E-state index contributed by atoms with van der Waals surface area (Å²) in [5.41, 5.74) is 1.37. The van der Waals surface area contributed by atoms with Gasteiger partial charge in [-0.05, 0) is 50.3 Å². The maximum Gasteiger partial charge on any atom is 0.0570 e. The fourth-order valence-electron chi connectivity index (χ4n) is 3.74. The molecular formula is C18H28N2O. The van der Waals surface area contributed by atoms with Crippen LogP contribution < -0.4 is 4.90 Å². The van der Waals surface area contributed by atoms with Gasteiger partial charge in [0.15, 0.2) is 0 Å². The van der Waals surface area contributed by atoms with Crippen LogP contribution in [0, 0.1) is 5.92 Å². The lowest BCUT2D eigenvalue weighted by Crippen LogP contribution is -2.49. The Kier molecular flexibility index (Phi) is 4.81. The lowest BCUT2D eigenvalue weighted by molar-refractivity contribution is -0.00359. The number of aliphatic hydroxyl groups excluding tert-OH is 1. The van der Waals surface area contributed by atoms with E-state index in [0.29, 0.717) is 6.04 Å². The average Bonchev–Trinajstić information content (AvgIpc) is 2.51. The van der Waals surface area contributed by atoms with Crippen molar-refractivity contribution in [1.29, 1.82) is 0 Å². The third kappa shape index (κ3) is 3.58. The molecule has 1 aromatic rings. The number of rotatable bonds is 5. The van der Waals surface area contributed by atoms with E-state index in [1.807, 2.05) is 0 Å². The van der Waals surface area contributed by atoms with E-state index in [1.165, 1.54) is 38.2 Å². The number of aliphatic hydroxyl groups is 1. The third-order valence-electron chi connectivity index (χ3n) is 5.24. The Balaban J connectivity index is 1.47. The first-order valence-electron chi connectivity index (χ1n) is 8.48. The number of anilines is 1. The molecule has 2 aliphatic rings. The van der Waals surface area contributed by atoms with Crippen molar-refractivity contribution >= 4 is 5.69 Å². The van der Waals surface area contributed by atoms with Crippen molar-refractivity contribution in [2.45, 2.75) is 44.8 Å². The van der Waals surface area contributed by atoms with Crippen LogP contribution in [-0.2, 0) is 0 Å². The summed E-state index contributed by atoms with van der Waals surface area (Å²) < 4.78 is 0. The van der Waals surface area contributed by atoms with Crippen LogP contribution in [0.15, 0.2) is 30.3 Å². The number of benzene rings is 1. The molecule has 0 amide bonds. The second kappa shape index (κ2) is 6.80. The first kappa shape index (κ1) is 14.9. The van der Waals surface area contributed by atoms with E-state index >= 15 is 0 Å². The van der Waals surface area contributed by atoms with Crippen molar-refractivity contribution in [2.24, 2.45) is 5.92 Å². The minimum absolute atomic E-state index is 0.0380. The number of hydrogen-bond donors (Lipinski definition) is 1. The zero-order valence-corrected chi connectivity index (χ0v) is 13.1. The van der Waals surface area contributed by atoms with E-state index in [0.717, 1.165) is 25.3 Å². The third-order valence-corrected chi connectivity index (χ3v) is 5.24. The van der Waals surface area contributed by atoms with Crippen molar-refractivity contribution in [3.63, 3.8) is 0 Å². The molecule has 3 rings (SSSR count). The molecule has 3 heteroatoms. The van der Waals surface area contributed by atoms with Gasteiger partial charge in [0.1, 0.15) is 0 Å². The first-order valence-corrected chi connectivity index (χ1v) is 8.48. The predicted molar refractivity (Wildman–Crippen MR) is 87.7 cm³/mol. The van der Waals surface area contributed by atoms with Gasteiger partial charge in [-0.25, -0.2) is 0 Å². The van der Waals surface area contributed by atoms with Crippen LogP contribution in [0.2, 0.25) is 0 Å². The molecule has 0 unspecified atom stereocenters. The highest BCUT2D eigenvalue weighted by Crippen LogP contribution is 2.29. The molecule has 0 aromatic heterocycles. The van der Waals surface area contributed by atoms with Crippen molar-refractivity contribution in [1.82, 2.24) is 4.90 Å². The summed E-state index contributed by atoms with van der Waals surface area (Å²) in [6.45, 7) is 6.95. The highest BCUT2D eigenvalue weighted by Gasteiger charge is 2.33. The maximum absolute atomic E-state index is 9.50. The summed E-state index contributed by atoms with van der Waals surface area (Å²) in [6.07, 6.45) is 4.51. The largest absolute Gasteiger partial charge is 0.393 e. The van der Waals surface area contributed by atoms with Gasteiger partial charge >= 0.3 is 0 Å². The van der Waals surface area contributed by atoms with Crippen LogP contribution >= 0.6 is 0 Å². The fraction of sp³-hybridized carbons (Fsp3) is 0.667. The molecule has 0 atom stereocenters. The molecule has 1 heterocycles. The van der Waals surface area contributed by atoms with Gasteiger partial charge in [0, 0.05) is 31.4 Å². The minimum atomic E-state index is -0.0380. The molecule has 116 valence electrons. The van der Waals surface area contributed by atoms with Gasteiger partial charge < -0.3 is 14.9 Å². The molecule has 1 saturated heterocycles. The summed E-state index contributed by atoms with van der Waals surface area (Å²) >= 11 is 0. The molecule has 0 radical (unpaired) electrons. The highest BCUT2D eigenvalue weighted by molar-refractivity contribution is 5.46. The van der Waals surface area contributed by atoms with Gasteiger partial charge in [-0.1, -0.05) is 25.1 Å². The second-order valence-electron chi connectivity index (χ2n) is 6.63. The topological polar surface area (TPSA) is 26.7 Å². The van der Waals surface area contributed by atoms with Gasteiger partial charge in [0.2, 0.25) is 0 Å². The Bertz CT molecular complexity index is 422. The van der Waals surface area contributed by atoms with Crippen LogP contribution in [0.5, 0.6) is 0 Å².